The molecular formula is C7H14. The fourth-order valence-electron chi connectivity index (χ4n) is 0.348. The highest BCUT2D eigenvalue weighted by Crippen LogP contribution is 2.13. The second kappa shape index (κ2) is 3.06. The van der Waals surface area contributed by atoms with E-state index in [9.17, 15) is 0 Å². The van der Waals surface area contributed by atoms with Gasteiger partial charge in [-0.15, -0.1) is 0 Å². The maximum absolute atomic E-state index is 3.83. The van der Waals surface area contributed by atoms with Crippen LogP contribution in [0.4, 0.5) is 0 Å². The Labute approximate surface area is 46.9 Å². The minimum atomic E-state index is 0.708. The molecule has 0 aliphatic heterocycles. The Bertz CT molecular complexity index is 37.3. The Morgan fingerprint density at radius 2 is 2.14 bits per heavy atom. The highest BCUT2D eigenvalue weighted by atomic mass is 14.1. The van der Waals surface area contributed by atoms with Gasteiger partial charge in [0.15, 0.2) is 0 Å². The number of rotatable bonds is 2. The van der Waals surface area contributed by atoms with Crippen LogP contribution in [-0.4, -0.2) is 0 Å². The van der Waals surface area contributed by atoms with Crippen LogP contribution in [0, 0.1) is 18.8 Å². The molecule has 42 valence electrons. The molecule has 2 radical (unpaired) electrons. The summed E-state index contributed by atoms with van der Waals surface area (Å²) in [6, 6.07) is 0. The van der Waals surface area contributed by atoms with E-state index < -0.39 is 0 Å². The first kappa shape index (κ1) is 7.00. The summed E-state index contributed by atoms with van der Waals surface area (Å²) < 4.78 is 0. The summed E-state index contributed by atoms with van der Waals surface area (Å²) in [7, 11) is 0. The van der Waals surface area contributed by atoms with Gasteiger partial charge < -0.3 is 0 Å². The fraction of sp³-hybridized carbons (Fsp3) is 0.714. The predicted molar refractivity (Wildman–Crippen MR) is 33.7 cm³/mol. The molecule has 0 nitrogen and oxygen atoms in total. The van der Waals surface area contributed by atoms with E-state index in [0.29, 0.717) is 5.92 Å². The van der Waals surface area contributed by atoms with Crippen molar-refractivity contribution in [1.29, 1.82) is 0 Å². The second-order valence-corrected chi connectivity index (χ2v) is 2.16. The van der Waals surface area contributed by atoms with Crippen molar-refractivity contribution in [3.05, 3.63) is 12.8 Å². The van der Waals surface area contributed by atoms with Crippen molar-refractivity contribution in [2.45, 2.75) is 27.2 Å². The first-order chi connectivity index (χ1) is 3.18. The van der Waals surface area contributed by atoms with Gasteiger partial charge in [-0.25, -0.2) is 0 Å². The molecule has 1 atom stereocenters. The van der Waals surface area contributed by atoms with Crippen LogP contribution in [0.15, 0.2) is 0 Å². The maximum Gasteiger partial charge on any atom is -0.0244 e. The van der Waals surface area contributed by atoms with Gasteiger partial charge in [0.25, 0.3) is 0 Å². The number of hydrogen-bond acceptors (Lipinski definition) is 0. The van der Waals surface area contributed by atoms with E-state index in [0.717, 1.165) is 0 Å². The smallest absolute Gasteiger partial charge is 0.0244 e. The Morgan fingerprint density at radius 1 is 1.71 bits per heavy atom. The molecule has 0 saturated heterocycles. The first-order valence-corrected chi connectivity index (χ1v) is 2.83. The van der Waals surface area contributed by atoms with Crippen LogP contribution in [0.5, 0.6) is 0 Å². The van der Waals surface area contributed by atoms with Gasteiger partial charge in [-0.1, -0.05) is 27.2 Å². The monoisotopic (exact) mass is 98.1 g/mol. The SMILES string of the molecule is [CH2][C](C)C(C)CC. The van der Waals surface area contributed by atoms with E-state index in [-0.39, 0.29) is 0 Å². The Hall–Kier alpha value is 0. The lowest BCUT2D eigenvalue weighted by Crippen LogP contribution is -1.98. The first-order valence-electron chi connectivity index (χ1n) is 2.83. The van der Waals surface area contributed by atoms with Crippen LogP contribution in [0.25, 0.3) is 0 Å². The van der Waals surface area contributed by atoms with Gasteiger partial charge in [0.1, 0.15) is 0 Å². The maximum atomic E-state index is 3.83. The van der Waals surface area contributed by atoms with Crippen LogP contribution in [0.1, 0.15) is 27.2 Å². The van der Waals surface area contributed by atoms with E-state index in [1.807, 2.05) is 0 Å². The van der Waals surface area contributed by atoms with Gasteiger partial charge in [-0.2, -0.15) is 0 Å². The fourth-order valence-corrected chi connectivity index (χ4v) is 0.348. The Morgan fingerprint density at radius 3 is 2.14 bits per heavy atom. The van der Waals surface area contributed by atoms with Crippen molar-refractivity contribution in [2.24, 2.45) is 5.92 Å². The van der Waals surface area contributed by atoms with Crippen LogP contribution in [-0.2, 0) is 0 Å². The third-order valence-electron chi connectivity index (χ3n) is 1.45. The van der Waals surface area contributed by atoms with Crippen molar-refractivity contribution < 1.29 is 0 Å². The summed E-state index contributed by atoms with van der Waals surface area (Å²) in [6.45, 7) is 10.3. The average Bonchev–Trinajstić information content (AvgIpc) is 1.65. The topological polar surface area (TPSA) is 0 Å². The zero-order valence-corrected chi connectivity index (χ0v) is 5.49. The Kier molecular flexibility index (Phi) is 3.06. The molecule has 0 aromatic carbocycles. The summed E-state index contributed by atoms with van der Waals surface area (Å²) in [5.41, 5.74) is 0. The molecule has 0 amide bonds. The zero-order valence-electron chi connectivity index (χ0n) is 5.49. The summed E-state index contributed by atoms with van der Waals surface area (Å²) in [5, 5.41) is 0. The summed E-state index contributed by atoms with van der Waals surface area (Å²) in [5.74, 6) is 2.00. The molecule has 0 aromatic heterocycles. The van der Waals surface area contributed by atoms with E-state index in [4.69, 9.17) is 0 Å². The molecule has 0 fully saturated rings. The summed E-state index contributed by atoms with van der Waals surface area (Å²) >= 11 is 0. The van der Waals surface area contributed by atoms with E-state index >= 15 is 0 Å². The second-order valence-electron chi connectivity index (χ2n) is 2.16. The van der Waals surface area contributed by atoms with Crippen molar-refractivity contribution in [2.75, 3.05) is 0 Å². The van der Waals surface area contributed by atoms with Gasteiger partial charge >= 0.3 is 0 Å². The molecular weight excluding hydrogens is 84.1 g/mol. The van der Waals surface area contributed by atoms with Crippen molar-refractivity contribution in [3.8, 4) is 0 Å². The molecule has 7 heavy (non-hydrogen) atoms. The average molecular weight is 98.2 g/mol. The van der Waals surface area contributed by atoms with Gasteiger partial charge in [0.2, 0.25) is 0 Å². The minimum absolute atomic E-state index is 0.708. The summed E-state index contributed by atoms with van der Waals surface area (Å²) in [4.78, 5) is 0. The van der Waals surface area contributed by atoms with Crippen LogP contribution < -0.4 is 0 Å². The predicted octanol–water partition coefficient (Wildman–Crippen LogP) is 2.46. The minimum Gasteiger partial charge on any atom is -0.0651 e. The molecule has 0 spiro atoms. The molecule has 1 unspecified atom stereocenters. The van der Waals surface area contributed by atoms with E-state index in [1.165, 1.54) is 12.3 Å². The van der Waals surface area contributed by atoms with Gasteiger partial charge in [0, 0.05) is 0 Å². The lowest BCUT2D eigenvalue weighted by Gasteiger charge is -2.09. The van der Waals surface area contributed by atoms with Gasteiger partial charge in [-0.05, 0) is 18.8 Å². The molecule has 0 aromatic rings. The third kappa shape index (κ3) is 2.67. The lowest BCUT2D eigenvalue weighted by molar-refractivity contribution is 0.604. The van der Waals surface area contributed by atoms with Crippen molar-refractivity contribution in [1.82, 2.24) is 0 Å². The van der Waals surface area contributed by atoms with Crippen molar-refractivity contribution in [3.63, 3.8) is 0 Å². The quantitative estimate of drug-likeness (QED) is 0.497. The lowest BCUT2D eigenvalue weighted by atomic mass is 9.96. The van der Waals surface area contributed by atoms with E-state index in [2.05, 4.69) is 27.7 Å². The highest BCUT2D eigenvalue weighted by Gasteiger charge is 2.01. The highest BCUT2D eigenvalue weighted by molar-refractivity contribution is 4.91. The largest absolute Gasteiger partial charge is 0.0651 e. The van der Waals surface area contributed by atoms with Crippen LogP contribution in [0.3, 0.4) is 0 Å². The molecule has 0 heterocycles. The van der Waals surface area contributed by atoms with Crippen LogP contribution in [0.2, 0.25) is 0 Å². The van der Waals surface area contributed by atoms with Crippen molar-refractivity contribution >= 4 is 0 Å². The molecule has 0 heteroatoms. The normalized spacial score (nSPS) is 15.0. The van der Waals surface area contributed by atoms with Gasteiger partial charge in [0.05, 0.1) is 0 Å². The molecule has 0 rings (SSSR count). The standard InChI is InChI=1S/C7H14/c1-5-7(4)6(2)3/h7H,2,5H2,1,3-4H3. The number of hydrogen-bond donors (Lipinski definition) is 0. The molecule has 0 bridgehead atoms. The van der Waals surface area contributed by atoms with Gasteiger partial charge in [-0.3, -0.25) is 0 Å². The molecule has 0 saturated carbocycles. The molecule has 0 aliphatic rings. The Balaban J connectivity index is 3.14. The third-order valence-corrected chi connectivity index (χ3v) is 1.45. The summed E-state index contributed by atoms with van der Waals surface area (Å²) in [6.07, 6.45) is 1.22. The molecule has 0 aliphatic carbocycles. The van der Waals surface area contributed by atoms with Crippen LogP contribution >= 0.6 is 0 Å². The zero-order chi connectivity index (χ0) is 5.86. The molecule has 0 N–H and O–H groups in total. The van der Waals surface area contributed by atoms with E-state index in [1.54, 1.807) is 0 Å².